The molecule has 1 saturated carbocycles. The highest BCUT2D eigenvalue weighted by Gasteiger charge is 2.47. The lowest BCUT2D eigenvalue weighted by Gasteiger charge is -2.37. The number of carboxylic acids is 1. The van der Waals surface area contributed by atoms with Gasteiger partial charge in [0.2, 0.25) is 10.0 Å². The third-order valence-electron chi connectivity index (χ3n) is 3.31. The Morgan fingerprint density at radius 2 is 1.86 bits per heavy atom. The third-order valence-corrected chi connectivity index (χ3v) is 4.86. The summed E-state index contributed by atoms with van der Waals surface area (Å²) in [5.74, 6) is -1.41. The SMILES string of the molecule is O=C(O)C1(NS(=O)(=O)c2ccc(OC(F)F)cc2)CCC1. The van der Waals surface area contributed by atoms with Gasteiger partial charge >= 0.3 is 12.6 Å². The van der Waals surface area contributed by atoms with Crippen LogP contribution in [0.4, 0.5) is 8.78 Å². The van der Waals surface area contributed by atoms with Crippen LogP contribution in [0.2, 0.25) is 0 Å². The Morgan fingerprint density at radius 3 is 2.24 bits per heavy atom. The van der Waals surface area contributed by atoms with E-state index in [2.05, 4.69) is 9.46 Å². The molecule has 2 rings (SSSR count). The smallest absolute Gasteiger partial charge is 0.387 e. The van der Waals surface area contributed by atoms with Crippen molar-refractivity contribution in [3.8, 4) is 5.75 Å². The van der Waals surface area contributed by atoms with Crippen molar-refractivity contribution in [2.24, 2.45) is 0 Å². The maximum Gasteiger partial charge on any atom is 0.387 e. The van der Waals surface area contributed by atoms with E-state index in [0.29, 0.717) is 6.42 Å². The van der Waals surface area contributed by atoms with Crippen molar-refractivity contribution < 1.29 is 31.8 Å². The second-order valence-electron chi connectivity index (χ2n) is 4.70. The van der Waals surface area contributed by atoms with Crippen LogP contribution in [0.1, 0.15) is 19.3 Å². The summed E-state index contributed by atoms with van der Waals surface area (Å²) in [5, 5.41) is 9.11. The van der Waals surface area contributed by atoms with Crippen molar-refractivity contribution in [1.29, 1.82) is 0 Å². The zero-order valence-corrected chi connectivity index (χ0v) is 11.6. The Hall–Kier alpha value is -1.74. The Balaban J connectivity index is 2.18. The first-order valence-electron chi connectivity index (χ1n) is 6.07. The molecule has 21 heavy (non-hydrogen) atoms. The normalized spacial score (nSPS) is 17.3. The standard InChI is InChI=1S/C12H13F2NO5S/c13-11(14)20-8-2-4-9(5-3-8)21(18,19)15-12(10(16)17)6-1-7-12/h2-5,11,15H,1,6-7H2,(H,16,17). The molecular formula is C12H13F2NO5S. The Labute approximate surface area is 119 Å². The van der Waals surface area contributed by atoms with Gasteiger partial charge in [-0.2, -0.15) is 13.5 Å². The molecule has 0 atom stereocenters. The lowest BCUT2D eigenvalue weighted by Crippen LogP contribution is -2.58. The van der Waals surface area contributed by atoms with Gasteiger partial charge < -0.3 is 9.84 Å². The number of carboxylic acid groups (broad SMARTS) is 1. The van der Waals surface area contributed by atoms with Crippen LogP contribution in [-0.4, -0.2) is 31.6 Å². The van der Waals surface area contributed by atoms with Crippen LogP contribution in [0.3, 0.4) is 0 Å². The number of nitrogens with one attached hydrogen (secondary N) is 1. The Bertz CT molecular complexity index is 626. The number of hydrogen-bond acceptors (Lipinski definition) is 4. The maximum atomic E-state index is 12.1. The predicted octanol–water partition coefficient (Wildman–Crippen LogP) is 1.57. The first kappa shape index (κ1) is 15.6. The molecule has 1 fully saturated rings. The molecule has 0 aromatic heterocycles. The zero-order valence-electron chi connectivity index (χ0n) is 10.8. The van der Waals surface area contributed by atoms with Crippen molar-refractivity contribution in [3.05, 3.63) is 24.3 Å². The maximum absolute atomic E-state index is 12.1. The molecular weight excluding hydrogens is 308 g/mol. The molecule has 0 aliphatic heterocycles. The number of ether oxygens (including phenoxy) is 1. The summed E-state index contributed by atoms with van der Waals surface area (Å²) < 4.78 is 54.5. The van der Waals surface area contributed by atoms with Gasteiger partial charge in [0.1, 0.15) is 11.3 Å². The van der Waals surface area contributed by atoms with E-state index in [1.54, 1.807) is 0 Å². The quantitative estimate of drug-likeness (QED) is 0.830. The molecule has 1 aromatic rings. The van der Waals surface area contributed by atoms with Gasteiger partial charge in [0.05, 0.1) is 4.90 Å². The minimum atomic E-state index is -4.04. The highest BCUT2D eigenvalue weighted by atomic mass is 32.2. The number of benzene rings is 1. The van der Waals surface area contributed by atoms with E-state index >= 15 is 0 Å². The molecule has 9 heteroatoms. The fourth-order valence-corrected chi connectivity index (χ4v) is 3.42. The fourth-order valence-electron chi connectivity index (χ4n) is 2.01. The molecule has 0 amide bonds. The van der Waals surface area contributed by atoms with Crippen molar-refractivity contribution in [2.75, 3.05) is 0 Å². The monoisotopic (exact) mass is 321 g/mol. The van der Waals surface area contributed by atoms with Gasteiger partial charge in [0.25, 0.3) is 0 Å². The minimum Gasteiger partial charge on any atom is -0.480 e. The van der Waals surface area contributed by atoms with Crippen molar-refractivity contribution in [1.82, 2.24) is 4.72 Å². The molecule has 0 spiro atoms. The van der Waals surface area contributed by atoms with Crippen LogP contribution in [0.15, 0.2) is 29.2 Å². The van der Waals surface area contributed by atoms with E-state index in [1.165, 1.54) is 0 Å². The molecule has 0 radical (unpaired) electrons. The number of carbonyl (C=O) groups is 1. The minimum absolute atomic E-state index is 0.180. The summed E-state index contributed by atoms with van der Waals surface area (Å²) in [4.78, 5) is 10.9. The number of alkyl halides is 2. The summed E-state index contributed by atoms with van der Waals surface area (Å²) in [6, 6.07) is 4.31. The third kappa shape index (κ3) is 3.30. The molecule has 0 bridgehead atoms. The van der Waals surface area contributed by atoms with E-state index in [1.807, 2.05) is 0 Å². The summed E-state index contributed by atoms with van der Waals surface area (Å²) in [6.45, 7) is -3.00. The van der Waals surface area contributed by atoms with Crippen LogP contribution in [0, 0.1) is 0 Å². The molecule has 0 saturated heterocycles. The second kappa shape index (κ2) is 5.57. The summed E-state index contributed by atoms with van der Waals surface area (Å²) in [6.07, 6.45) is 1.05. The first-order chi connectivity index (χ1) is 9.75. The molecule has 1 aliphatic rings. The molecule has 6 nitrogen and oxygen atoms in total. The molecule has 0 unspecified atom stereocenters. The van der Waals surface area contributed by atoms with Gasteiger partial charge in [0.15, 0.2) is 0 Å². The van der Waals surface area contributed by atoms with Crippen molar-refractivity contribution in [3.63, 3.8) is 0 Å². The topological polar surface area (TPSA) is 92.7 Å². The van der Waals surface area contributed by atoms with E-state index < -0.39 is 28.1 Å². The summed E-state index contributed by atoms with van der Waals surface area (Å²) >= 11 is 0. The number of rotatable bonds is 6. The van der Waals surface area contributed by atoms with Crippen LogP contribution in [0.5, 0.6) is 5.75 Å². The van der Waals surface area contributed by atoms with Crippen LogP contribution >= 0.6 is 0 Å². The van der Waals surface area contributed by atoms with E-state index in [0.717, 1.165) is 24.3 Å². The molecule has 1 aromatic carbocycles. The average Bonchev–Trinajstić information content (AvgIpc) is 2.33. The molecule has 0 heterocycles. The lowest BCUT2D eigenvalue weighted by atomic mass is 9.78. The lowest BCUT2D eigenvalue weighted by molar-refractivity contribution is -0.147. The second-order valence-corrected chi connectivity index (χ2v) is 6.38. The predicted molar refractivity (Wildman–Crippen MR) is 67.6 cm³/mol. The van der Waals surface area contributed by atoms with Gasteiger partial charge in [0, 0.05) is 0 Å². The fraction of sp³-hybridized carbons (Fsp3) is 0.417. The average molecular weight is 321 g/mol. The Morgan fingerprint density at radius 1 is 1.29 bits per heavy atom. The molecule has 2 N–H and O–H groups in total. The van der Waals surface area contributed by atoms with Gasteiger partial charge in [-0.25, -0.2) is 8.42 Å². The largest absolute Gasteiger partial charge is 0.480 e. The summed E-state index contributed by atoms with van der Waals surface area (Å²) in [7, 11) is -4.04. The summed E-state index contributed by atoms with van der Waals surface area (Å²) in [5.41, 5.74) is -1.48. The van der Waals surface area contributed by atoms with Crippen LogP contribution < -0.4 is 9.46 Å². The number of halogens is 2. The van der Waals surface area contributed by atoms with Gasteiger partial charge in [-0.15, -0.1) is 0 Å². The number of aliphatic carboxylic acids is 1. The van der Waals surface area contributed by atoms with E-state index in [-0.39, 0.29) is 23.5 Å². The molecule has 1 aliphatic carbocycles. The van der Waals surface area contributed by atoms with Gasteiger partial charge in [-0.1, -0.05) is 0 Å². The van der Waals surface area contributed by atoms with E-state index in [9.17, 15) is 22.0 Å². The van der Waals surface area contributed by atoms with Crippen LogP contribution in [-0.2, 0) is 14.8 Å². The van der Waals surface area contributed by atoms with Crippen molar-refractivity contribution in [2.45, 2.75) is 36.3 Å². The van der Waals surface area contributed by atoms with E-state index in [4.69, 9.17) is 5.11 Å². The zero-order chi connectivity index (χ0) is 15.7. The highest BCUT2D eigenvalue weighted by Crippen LogP contribution is 2.33. The Kier molecular flexibility index (Phi) is 4.15. The first-order valence-corrected chi connectivity index (χ1v) is 7.56. The highest BCUT2D eigenvalue weighted by molar-refractivity contribution is 7.89. The molecule has 116 valence electrons. The van der Waals surface area contributed by atoms with Gasteiger partial charge in [-0.3, -0.25) is 4.79 Å². The van der Waals surface area contributed by atoms with Crippen molar-refractivity contribution >= 4 is 16.0 Å². The number of hydrogen-bond donors (Lipinski definition) is 2. The van der Waals surface area contributed by atoms with Gasteiger partial charge in [-0.05, 0) is 43.5 Å². The number of sulfonamides is 1. The van der Waals surface area contributed by atoms with Crippen LogP contribution in [0.25, 0.3) is 0 Å².